The fraction of sp³-hybridized carbons (Fsp3) is 0.182. The van der Waals surface area contributed by atoms with Gasteiger partial charge in [0.1, 0.15) is 12.4 Å². The fourth-order valence-corrected chi connectivity index (χ4v) is 3.43. The van der Waals surface area contributed by atoms with Gasteiger partial charge in [-0.05, 0) is 50.6 Å². The van der Waals surface area contributed by atoms with Crippen LogP contribution in [0.5, 0.6) is 5.88 Å². The molecule has 0 atom stereocenters. The Morgan fingerprint density at radius 2 is 1.79 bits per heavy atom. The second-order valence-electron chi connectivity index (χ2n) is 6.83. The molecule has 0 saturated carbocycles. The first-order valence-corrected chi connectivity index (χ1v) is 9.31. The van der Waals surface area contributed by atoms with E-state index >= 15 is 0 Å². The number of fused-ring (bicyclic) bond motifs is 1. The number of hydrogen-bond donors (Lipinski definition) is 0. The van der Waals surface area contributed by atoms with Crippen LogP contribution in [0.3, 0.4) is 0 Å². The highest BCUT2D eigenvalue weighted by molar-refractivity contribution is 6.31. The lowest BCUT2D eigenvalue weighted by Gasteiger charge is -2.10. The van der Waals surface area contributed by atoms with Crippen LogP contribution < -0.4 is 4.74 Å². The maximum atomic E-state index is 13.2. The van der Waals surface area contributed by atoms with Crippen LogP contribution in [0.15, 0.2) is 48.5 Å². The maximum absolute atomic E-state index is 13.2. The molecule has 0 N–H and O–H groups in total. The van der Waals surface area contributed by atoms with Crippen LogP contribution in [0.1, 0.15) is 22.4 Å². The van der Waals surface area contributed by atoms with E-state index in [2.05, 4.69) is 10.1 Å². The Morgan fingerprint density at radius 1 is 1.04 bits per heavy atom. The molecular formula is C22H19ClFN3O. The first-order chi connectivity index (χ1) is 13.4. The van der Waals surface area contributed by atoms with E-state index in [1.165, 1.54) is 17.7 Å². The van der Waals surface area contributed by atoms with E-state index in [1.807, 2.05) is 55.8 Å². The number of aromatic nitrogens is 3. The van der Waals surface area contributed by atoms with Gasteiger partial charge in [0.25, 0.3) is 0 Å². The monoisotopic (exact) mass is 395 g/mol. The number of nitrogens with zero attached hydrogens (tertiary/aromatic N) is 3. The largest absolute Gasteiger partial charge is 0.473 e. The lowest BCUT2D eigenvalue weighted by molar-refractivity contribution is 0.294. The molecule has 4 nitrogen and oxygen atoms in total. The van der Waals surface area contributed by atoms with Crippen molar-refractivity contribution in [3.05, 3.63) is 81.8 Å². The van der Waals surface area contributed by atoms with Gasteiger partial charge in [0.05, 0.1) is 16.4 Å². The third kappa shape index (κ3) is 3.45. The number of halogens is 2. The predicted octanol–water partition coefficient (Wildman–Crippen LogP) is 5.72. The Morgan fingerprint density at radius 3 is 2.50 bits per heavy atom. The summed E-state index contributed by atoms with van der Waals surface area (Å²) in [6.45, 7) is 6.23. The summed E-state index contributed by atoms with van der Waals surface area (Å²) in [6.07, 6.45) is 0. The van der Waals surface area contributed by atoms with Crippen molar-refractivity contribution in [2.24, 2.45) is 0 Å². The number of benzene rings is 2. The molecule has 6 heteroatoms. The van der Waals surface area contributed by atoms with Crippen molar-refractivity contribution in [1.29, 1.82) is 0 Å². The topological polar surface area (TPSA) is 39.9 Å². The minimum absolute atomic E-state index is 0.203. The number of pyridine rings is 1. The summed E-state index contributed by atoms with van der Waals surface area (Å²) in [5.41, 5.74) is 5.50. The van der Waals surface area contributed by atoms with Crippen molar-refractivity contribution in [2.45, 2.75) is 27.4 Å². The smallest absolute Gasteiger partial charge is 0.215 e. The highest BCUT2D eigenvalue weighted by atomic mass is 35.5. The lowest BCUT2D eigenvalue weighted by atomic mass is 10.1. The van der Waals surface area contributed by atoms with Gasteiger partial charge in [0.2, 0.25) is 5.88 Å². The van der Waals surface area contributed by atoms with E-state index in [0.29, 0.717) is 16.5 Å². The molecule has 0 spiro atoms. The lowest BCUT2D eigenvalue weighted by Crippen LogP contribution is -2.02. The summed E-state index contributed by atoms with van der Waals surface area (Å²) < 4.78 is 20.9. The molecule has 0 bridgehead atoms. The predicted molar refractivity (Wildman–Crippen MR) is 109 cm³/mol. The van der Waals surface area contributed by atoms with E-state index < -0.39 is 0 Å². The number of aryl methyl sites for hydroxylation is 3. The van der Waals surface area contributed by atoms with Crippen LogP contribution in [-0.2, 0) is 6.61 Å². The highest BCUT2D eigenvalue weighted by Crippen LogP contribution is 2.27. The zero-order valence-corrected chi connectivity index (χ0v) is 16.6. The van der Waals surface area contributed by atoms with Crippen molar-refractivity contribution < 1.29 is 9.13 Å². The Kier molecular flexibility index (Phi) is 4.77. The van der Waals surface area contributed by atoms with Gasteiger partial charge in [-0.15, -0.1) is 0 Å². The van der Waals surface area contributed by atoms with Gasteiger partial charge in [-0.1, -0.05) is 35.4 Å². The second kappa shape index (κ2) is 7.24. The Bertz CT molecular complexity index is 1170. The van der Waals surface area contributed by atoms with Gasteiger partial charge in [0.15, 0.2) is 5.65 Å². The zero-order valence-electron chi connectivity index (χ0n) is 15.8. The molecule has 2 aromatic carbocycles. The first kappa shape index (κ1) is 18.4. The Balaban J connectivity index is 1.72. The molecule has 0 aliphatic heterocycles. The van der Waals surface area contributed by atoms with Crippen LogP contribution in [0.4, 0.5) is 4.39 Å². The van der Waals surface area contributed by atoms with E-state index in [4.69, 9.17) is 16.3 Å². The molecule has 2 heterocycles. The summed E-state index contributed by atoms with van der Waals surface area (Å²) in [5, 5.41) is 6.01. The molecule has 4 aromatic rings. The van der Waals surface area contributed by atoms with E-state index in [-0.39, 0.29) is 12.4 Å². The molecule has 0 unspecified atom stereocenters. The third-order valence-electron chi connectivity index (χ3n) is 4.66. The van der Waals surface area contributed by atoms with Gasteiger partial charge in [-0.3, -0.25) is 0 Å². The molecule has 28 heavy (non-hydrogen) atoms. The first-order valence-electron chi connectivity index (χ1n) is 8.93. The summed E-state index contributed by atoms with van der Waals surface area (Å²) in [6, 6.07) is 14.3. The molecule has 0 radical (unpaired) electrons. The molecular weight excluding hydrogens is 377 g/mol. The van der Waals surface area contributed by atoms with Crippen LogP contribution in [0, 0.1) is 26.6 Å². The average molecular weight is 396 g/mol. The molecule has 0 aliphatic rings. The summed E-state index contributed by atoms with van der Waals surface area (Å²) in [4.78, 5) is 4.68. The SMILES string of the molecule is Cc1ccc(-n2nc(C)c3c(C)cc(OCc4ccc(F)cc4Cl)nc32)cc1. The maximum Gasteiger partial charge on any atom is 0.215 e. The Labute approximate surface area is 167 Å². The Hall–Kier alpha value is -2.92. The summed E-state index contributed by atoms with van der Waals surface area (Å²) >= 11 is 6.09. The van der Waals surface area contributed by atoms with Crippen molar-refractivity contribution in [3.8, 4) is 11.6 Å². The van der Waals surface area contributed by atoms with Crippen molar-refractivity contribution in [3.63, 3.8) is 0 Å². The summed E-state index contributed by atoms with van der Waals surface area (Å²) in [7, 11) is 0. The molecule has 142 valence electrons. The minimum Gasteiger partial charge on any atom is -0.473 e. The summed E-state index contributed by atoms with van der Waals surface area (Å²) in [5.74, 6) is 0.0975. The number of ether oxygens (including phenoxy) is 1. The average Bonchev–Trinajstić information content (AvgIpc) is 2.99. The molecule has 2 aromatic heterocycles. The van der Waals surface area contributed by atoms with Gasteiger partial charge >= 0.3 is 0 Å². The van der Waals surface area contributed by atoms with Crippen LogP contribution >= 0.6 is 11.6 Å². The minimum atomic E-state index is -0.374. The van der Waals surface area contributed by atoms with Crippen LogP contribution in [-0.4, -0.2) is 14.8 Å². The van der Waals surface area contributed by atoms with Crippen molar-refractivity contribution >= 4 is 22.6 Å². The third-order valence-corrected chi connectivity index (χ3v) is 5.01. The quantitative estimate of drug-likeness (QED) is 0.444. The van der Waals surface area contributed by atoms with Crippen molar-refractivity contribution in [1.82, 2.24) is 14.8 Å². The van der Waals surface area contributed by atoms with Crippen LogP contribution in [0.2, 0.25) is 5.02 Å². The van der Waals surface area contributed by atoms with E-state index in [0.717, 1.165) is 28.0 Å². The fourth-order valence-electron chi connectivity index (χ4n) is 3.20. The van der Waals surface area contributed by atoms with Crippen molar-refractivity contribution in [2.75, 3.05) is 0 Å². The number of rotatable bonds is 4. The molecule has 0 amide bonds. The number of hydrogen-bond acceptors (Lipinski definition) is 3. The van der Waals surface area contributed by atoms with Crippen LogP contribution in [0.25, 0.3) is 16.7 Å². The van der Waals surface area contributed by atoms with E-state index in [1.54, 1.807) is 6.07 Å². The van der Waals surface area contributed by atoms with Gasteiger partial charge in [-0.25, -0.2) is 9.07 Å². The van der Waals surface area contributed by atoms with Gasteiger partial charge < -0.3 is 4.74 Å². The standard InChI is InChI=1S/C22H19ClFN3O/c1-13-4-8-18(9-5-13)27-22-21(15(3)26-27)14(2)10-20(25-22)28-12-16-6-7-17(24)11-19(16)23/h4-11H,12H2,1-3H3. The molecule has 0 aliphatic carbocycles. The second-order valence-corrected chi connectivity index (χ2v) is 7.24. The molecule has 0 fully saturated rings. The molecule has 0 saturated heterocycles. The highest BCUT2D eigenvalue weighted by Gasteiger charge is 2.15. The van der Waals surface area contributed by atoms with E-state index in [9.17, 15) is 4.39 Å². The zero-order chi connectivity index (χ0) is 19.8. The van der Waals surface area contributed by atoms with Gasteiger partial charge in [0, 0.05) is 17.0 Å². The molecule has 4 rings (SSSR count). The van der Waals surface area contributed by atoms with Gasteiger partial charge in [-0.2, -0.15) is 10.1 Å². The normalized spacial score (nSPS) is 11.2.